The number of esters is 1. The van der Waals surface area contributed by atoms with E-state index in [-0.39, 0.29) is 18.9 Å². The zero-order chi connectivity index (χ0) is 19.8. The highest BCUT2D eigenvalue weighted by atomic mass is 16.6. The van der Waals surface area contributed by atoms with Crippen molar-refractivity contribution in [3.8, 4) is 17.2 Å². The van der Waals surface area contributed by atoms with Crippen molar-refractivity contribution in [1.29, 1.82) is 0 Å². The van der Waals surface area contributed by atoms with Crippen LogP contribution in [-0.4, -0.2) is 39.8 Å². The molecule has 1 N–H and O–H groups in total. The third kappa shape index (κ3) is 5.64. The van der Waals surface area contributed by atoms with Gasteiger partial charge in [-0.1, -0.05) is 6.07 Å². The molecular weight excluding hydrogens is 350 g/mol. The number of rotatable bonds is 8. The van der Waals surface area contributed by atoms with Crippen molar-refractivity contribution in [1.82, 2.24) is 0 Å². The van der Waals surface area contributed by atoms with Gasteiger partial charge in [-0.05, 0) is 36.8 Å². The van der Waals surface area contributed by atoms with Gasteiger partial charge >= 0.3 is 5.97 Å². The molecule has 2 rings (SSSR count). The molecule has 0 aliphatic rings. The van der Waals surface area contributed by atoms with Gasteiger partial charge in [0.2, 0.25) is 5.91 Å². The lowest BCUT2D eigenvalue weighted by atomic mass is 10.1. The van der Waals surface area contributed by atoms with E-state index in [0.717, 1.165) is 11.1 Å². The molecule has 0 fully saturated rings. The number of carbonyl (C=O) groups is 2. The highest BCUT2D eigenvalue weighted by molar-refractivity contribution is 5.93. The van der Waals surface area contributed by atoms with Crippen molar-refractivity contribution in [2.45, 2.75) is 13.3 Å². The second kappa shape index (κ2) is 9.47. The zero-order valence-corrected chi connectivity index (χ0v) is 15.8. The Morgan fingerprint density at radius 3 is 2.33 bits per heavy atom. The molecule has 0 atom stereocenters. The van der Waals surface area contributed by atoms with Gasteiger partial charge in [-0.2, -0.15) is 0 Å². The van der Waals surface area contributed by atoms with Crippen LogP contribution in [0.15, 0.2) is 36.4 Å². The molecule has 0 unspecified atom stereocenters. The maximum Gasteiger partial charge on any atom is 0.343 e. The highest BCUT2D eigenvalue weighted by Crippen LogP contribution is 2.26. The smallest absolute Gasteiger partial charge is 0.343 e. The first-order valence-corrected chi connectivity index (χ1v) is 8.27. The summed E-state index contributed by atoms with van der Waals surface area (Å²) in [5.41, 5.74) is 2.23. The van der Waals surface area contributed by atoms with Crippen molar-refractivity contribution in [3.63, 3.8) is 0 Å². The van der Waals surface area contributed by atoms with E-state index >= 15 is 0 Å². The number of aryl methyl sites for hydroxylation is 1. The molecule has 0 aliphatic carbocycles. The van der Waals surface area contributed by atoms with Crippen LogP contribution in [0.4, 0.5) is 5.69 Å². The second-order valence-corrected chi connectivity index (χ2v) is 5.74. The summed E-state index contributed by atoms with van der Waals surface area (Å²) in [7, 11) is 4.42. The molecule has 0 spiro atoms. The first kappa shape index (κ1) is 20.1. The second-order valence-electron chi connectivity index (χ2n) is 5.74. The summed E-state index contributed by atoms with van der Waals surface area (Å²) in [6, 6.07) is 10.5. The van der Waals surface area contributed by atoms with Gasteiger partial charge in [-0.25, -0.2) is 4.79 Å². The molecule has 2 aromatic rings. The number of ether oxygens (including phenoxy) is 4. The fraction of sp³-hybridized carbons (Fsp3) is 0.300. The molecule has 1 amide bonds. The molecule has 144 valence electrons. The van der Waals surface area contributed by atoms with Crippen LogP contribution in [0.3, 0.4) is 0 Å². The summed E-state index contributed by atoms with van der Waals surface area (Å²) in [5, 5.41) is 2.87. The normalized spacial score (nSPS) is 10.1. The van der Waals surface area contributed by atoms with Crippen molar-refractivity contribution < 1.29 is 28.5 Å². The summed E-state index contributed by atoms with van der Waals surface area (Å²) in [5.74, 6) is 1.14. The number of carbonyl (C=O) groups excluding carboxylic acids is 2. The fourth-order valence-corrected chi connectivity index (χ4v) is 2.43. The Balaban J connectivity index is 2.02. The lowest BCUT2D eigenvalue weighted by Gasteiger charge is -2.13. The Morgan fingerprint density at radius 2 is 1.70 bits per heavy atom. The van der Waals surface area contributed by atoms with E-state index in [9.17, 15) is 9.59 Å². The monoisotopic (exact) mass is 373 g/mol. The van der Waals surface area contributed by atoms with Gasteiger partial charge in [0.15, 0.2) is 6.61 Å². The molecule has 0 radical (unpaired) electrons. The number of nitrogens with one attached hydrogen (secondary N) is 1. The molecular formula is C20H23NO6. The van der Waals surface area contributed by atoms with Gasteiger partial charge in [-0.3, -0.25) is 4.79 Å². The molecule has 7 heteroatoms. The number of hydrogen-bond donors (Lipinski definition) is 1. The van der Waals surface area contributed by atoms with E-state index < -0.39 is 5.97 Å². The molecule has 0 aromatic heterocycles. The highest BCUT2D eigenvalue weighted by Gasteiger charge is 2.12. The molecule has 0 heterocycles. The third-order valence-electron chi connectivity index (χ3n) is 3.90. The Hall–Kier alpha value is -3.22. The van der Waals surface area contributed by atoms with E-state index in [0.29, 0.717) is 22.9 Å². The fourth-order valence-electron chi connectivity index (χ4n) is 2.43. The van der Waals surface area contributed by atoms with Gasteiger partial charge in [0.1, 0.15) is 17.2 Å². The average Bonchev–Trinajstić information content (AvgIpc) is 2.68. The summed E-state index contributed by atoms with van der Waals surface area (Å²) < 4.78 is 20.3. The van der Waals surface area contributed by atoms with Crippen LogP contribution in [0.2, 0.25) is 0 Å². The van der Waals surface area contributed by atoms with Crippen molar-refractivity contribution in [3.05, 3.63) is 47.5 Å². The minimum atomic E-state index is -0.460. The molecule has 0 aliphatic heterocycles. The summed E-state index contributed by atoms with van der Waals surface area (Å²) in [4.78, 5) is 23.5. The number of amides is 1. The van der Waals surface area contributed by atoms with Crippen molar-refractivity contribution in [2.24, 2.45) is 0 Å². The summed E-state index contributed by atoms with van der Waals surface area (Å²) in [6.07, 6.45) is 0.160. The van der Waals surface area contributed by atoms with E-state index in [2.05, 4.69) is 10.1 Å². The molecule has 2 aromatic carbocycles. The zero-order valence-electron chi connectivity index (χ0n) is 15.8. The van der Waals surface area contributed by atoms with Crippen LogP contribution in [0.5, 0.6) is 17.2 Å². The Labute approximate surface area is 158 Å². The first-order chi connectivity index (χ1) is 13.0. The predicted molar refractivity (Wildman–Crippen MR) is 101 cm³/mol. The SMILES string of the molecule is COC(=O)COc1ccc(NC(=O)Cc2ccc(OC)cc2OC)c(C)c1. The minimum absolute atomic E-state index is 0.160. The van der Waals surface area contributed by atoms with Gasteiger partial charge in [0.25, 0.3) is 0 Å². The van der Waals surface area contributed by atoms with Crippen LogP contribution in [0.25, 0.3) is 0 Å². The van der Waals surface area contributed by atoms with Crippen LogP contribution in [0.1, 0.15) is 11.1 Å². The Morgan fingerprint density at radius 1 is 0.963 bits per heavy atom. The number of benzene rings is 2. The number of hydrogen-bond acceptors (Lipinski definition) is 6. The van der Waals surface area contributed by atoms with Gasteiger partial charge in [0.05, 0.1) is 27.8 Å². The molecule has 27 heavy (non-hydrogen) atoms. The topological polar surface area (TPSA) is 83.1 Å². The standard InChI is InChI=1S/C20H23NO6/c1-13-9-16(27-12-20(23)26-4)7-8-17(13)21-19(22)10-14-5-6-15(24-2)11-18(14)25-3/h5-9,11H,10,12H2,1-4H3,(H,21,22). The van der Waals surface area contributed by atoms with Gasteiger partial charge in [-0.15, -0.1) is 0 Å². The summed E-state index contributed by atoms with van der Waals surface area (Å²) >= 11 is 0. The molecule has 7 nitrogen and oxygen atoms in total. The van der Waals surface area contributed by atoms with Gasteiger partial charge in [0, 0.05) is 17.3 Å². The van der Waals surface area contributed by atoms with Crippen LogP contribution < -0.4 is 19.5 Å². The number of anilines is 1. The lowest BCUT2D eigenvalue weighted by molar-refractivity contribution is -0.142. The van der Waals surface area contributed by atoms with Crippen LogP contribution >= 0.6 is 0 Å². The van der Waals surface area contributed by atoms with E-state index in [1.54, 1.807) is 50.6 Å². The van der Waals surface area contributed by atoms with Crippen molar-refractivity contribution >= 4 is 17.6 Å². The predicted octanol–water partition coefficient (Wildman–Crippen LogP) is 2.75. The molecule has 0 saturated carbocycles. The minimum Gasteiger partial charge on any atom is -0.497 e. The van der Waals surface area contributed by atoms with E-state index in [1.165, 1.54) is 7.11 Å². The average molecular weight is 373 g/mol. The lowest BCUT2D eigenvalue weighted by Crippen LogP contribution is -2.16. The third-order valence-corrected chi connectivity index (χ3v) is 3.90. The largest absolute Gasteiger partial charge is 0.497 e. The van der Waals surface area contributed by atoms with Crippen LogP contribution in [-0.2, 0) is 20.7 Å². The molecule has 0 saturated heterocycles. The Kier molecular flexibility index (Phi) is 7.05. The quantitative estimate of drug-likeness (QED) is 0.717. The Bertz CT molecular complexity index is 818. The van der Waals surface area contributed by atoms with Gasteiger partial charge < -0.3 is 24.3 Å². The number of methoxy groups -OCH3 is 3. The molecule has 0 bridgehead atoms. The van der Waals surface area contributed by atoms with E-state index in [4.69, 9.17) is 14.2 Å². The van der Waals surface area contributed by atoms with Crippen LogP contribution in [0, 0.1) is 6.92 Å². The van der Waals surface area contributed by atoms with Crippen molar-refractivity contribution in [2.75, 3.05) is 33.3 Å². The van der Waals surface area contributed by atoms with E-state index in [1.807, 2.05) is 6.92 Å². The maximum absolute atomic E-state index is 12.4. The maximum atomic E-state index is 12.4. The summed E-state index contributed by atoms with van der Waals surface area (Å²) in [6.45, 7) is 1.67. The first-order valence-electron chi connectivity index (χ1n) is 8.27.